The zero-order valence-electron chi connectivity index (χ0n) is 21.9. The van der Waals surface area contributed by atoms with E-state index < -0.39 is 0 Å². The van der Waals surface area contributed by atoms with Crippen molar-refractivity contribution in [2.24, 2.45) is 0 Å². The average Bonchev–Trinajstić information content (AvgIpc) is 3.54. The summed E-state index contributed by atoms with van der Waals surface area (Å²) in [6.45, 7) is 5.79. The first-order valence-corrected chi connectivity index (χ1v) is 12.3. The quantitative estimate of drug-likeness (QED) is 0.379. The zero-order valence-corrected chi connectivity index (χ0v) is 21.9. The van der Waals surface area contributed by atoms with Crippen molar-refractivity contribution in [2.75, 3.05) is 34.4 Å². The van der Waals surface area contributed by atoms with Crippen LogP contribution in [0.3, 0.4) is 0 Å². The number of likely N-dealkylation sites (tertiary alicyclic amines) is 1. The summed E-state index contributed by atoms with van der Waals surface area (Å²) in [6, 6.07) is 5.83. The van der Waals surface area contributed by atoms with Crippen LogP contribution in [0.2, 0.25) is 0 Å². The predicted molar refractivity (Wildman–Crippen MR) is 138 cm³/mol. The molecule has 10 nitrogen and oxygen atoms in total. The first-order valence-electron chi connectivity index (χ1n) is 12.3. The third kappa shape index (κ3) is 4.59. The van der Waals surface area contributed by atoms with Crippen LogP contribution >= 0.6 is 0 Å². The van der Waals surface area contributed by atoms with Crippen molar-refractivity contribution in [1.82, 2.24) is 29.0 Å². The number of hydrogen-bond donors (Lipinski definition) is 0. The van der Waals surface area contributed by atoms with Gasteiger partial charge in [0.1, 0.15) is 5.82 Å². The van der Waals surface area contributed by atoms with Gasteiger partial charge in [0.05, 0.1) is 38.3 Å². The monoisotopic (exact) mass is 504 g/mol. The van der Waals surface area contributed by atoms with Gasteiger partial charge < -0.3 is 23.7 Å². The summed E-state index contributed by atoms with van der Waals surface area (Å²) >= 11 is 0. The first-order chi connectivity index (χ1) is 17.9. The number of aryl methyl sites for hydroxylation is 2. The molecule has 0 spiro atoms. The number of benzene rings is 1. The van der Waals surface area contributed by atoms with Gasteiger partial charge in [-0.05, 0) is 44.4 Å². The van der Waals surface area contributed by atoms with Crippen LogP contribution in [-0.4, -0.2) is 69.4 Å². The lowest BCUT2D eigenvalue weighted by molar-refractivity contribution is 0.0708. The summed E-state index contributed by atoms with van der Waals surface area (Å²) in [5.41, 5.74) is 4.06. The van der Waals surface area contributed by atoms with E-state index in [4.69, 9.17) is 14.2 Å². The van der Waals surface area contributed by atoms with Crippen molar-refractivity contribution < 1.29 is 19.0 Å². The molecule has 10 heteroatoms. The fourth-order valence-corrected chi connectivity index (χ4v) is 5.12. The Bertz CT molecular complexity index is 1410. The minimum Gasteiger partial charge on any atom is -0.493 e. The Hall–Kier alpha value is -4.08. The third-order valence-corrected chi connectivity index (χ3v) is 7.05. The van der Waals surface area contributed by atoms with Gasteiger partial charge >= 0.3 is 0 Å². The number of carbonyl (C=O) groups excluding carboxylic acids is 1. The van der Waals surface area contributed by atoms with Crippen LogP contribution in [0, 0.1) is 13.8 Å². The van der Waals surface area contributed by atoms with Crippen LogP contribution in [0.4, 0.5) is 0 Å². The molecule has 3 aromatic heterocycles. The molecular weight excluding hydrogens is 472 g/mol. The smallest absolute Gasteiger partial charge is 0.257 e. The maximum Gasteiger partial charge on any atom is 0.257 e. The lowest BCUT2D eigenvalue weighted by atomic mass is 9.95. The molecule has 0 unspecified atom stereocenters. The molecule has 0 saturated carbocycles. The molecule has 5 rings (SSSR count). The van der Waals surface area contributed by atoms with Crippen LogP contribution in [0.5, 0.6) is 17.2 Å². The van der Waals surface area contributed by atoms with Crippen molar-refractivity contribution in [1.29, 1.82) is 0 Å². The molecule has 0 atom stereocenters. The molecule has 37 heavy (non-hydrogen) atoms. The molecule has 0 aliphatic carbocycles. The predicted octanol–water partition coefficient (Wildman–Crippen LogP) is 3.64. The summed E-state index contributed by atoms with van der Waals surface area (Å²) in [5.74, 6) is 3.10. The van der Waals surface area contributed by atoms with Gasteiger partial charge in [0.25, 0.3) is 5.91 Å². The van der Waals surface area contributed by atoms with Crippen LogP contribution in [0.25, 0.3) is 5.65 Å². The van der Waals surface area contributed by atoms with E-state index in [1.165, 1.54) is 0 Å². The number of amides is 1. The number of nitrogens with zero attached hydrogens (tertiary/aromatic N) is 6. The molecule has 1 aromatic carbocycles. The Labute approximate surface area is 215 Å². The highest BCUT2D eigenvalue weighted by atomic mass is 16.5. The highest BCUT2D eigenvalue weighted by Gasteiger charge is 2.28. The highest BCUT2D eigenvalue weighted by Crippen LogP contribution is 2.38. The van der Waals surface area contributed by atoms with Gasteiger partial charge in [-0.25, -0.2) is 14.5 Å². The topological polar surface area (TPSA) is 96.0 Å². The van der Waals surface area contributed by atoms with E-state index in [0.29, 0.717) is 42.4 Å². The second-order valence-electron chi connectivity index (χ2n) is 9.33. The van der Waals surface area contributed by atoms with E-state index in [0.717, 1.165) is 41.3 Å². The molecule has 4 heterocycles. The number of piperidine rings is 1. The van der Waals surface area contributed by atoms with E-state index in [9.17, 15) is 4.79 Å². The number of imidazole rings is 1. The number of fused-ring (bicyclic) bond motifs is 1. The molecule has 1 aliphatic rings. The Kier molecular flexibility index (Phi) is 6.73. The lowest BCUT2D eigenvalue weighted by Crippen LogP contribution is -2.39. The van der Waals surface area contributed by atoms with E-state index in [1.54, 1.807) is 32.0 Å². The summed E-state index contributed by atoms with van der Waals surface area (Å²) in [5, 5.41) is 4.47. The van der Waals surface area contributed by atoms with E-state index in [2.05, 4.69) is 19.6 Å². The van der Waals surface area contributed by atoms with Gasteiger partial charge in [0.15, 0.2) is 17.1 Å². The molecule has 4 aromatic rings. The van der Waals surface area contributed by atoms with E-state index in [-0.39, 0.29) is 11.8 Å². The maximum atomic E-state index is 13.3. The summed E-state index contributed by atoms with van der Waals surface area (Å²) in [7, 11) is 4.83. The molecule has 0 radical (unpaired) electrons. The number of hydrogen-bond acceptors (Lipinski definition) is 7. The van der Waals surface area contributed by atoms with Crippen molar-refractivity contribution in [2.45, 2.75) is 39.2 Å². The van der Waals surface area contributed by atoms with Crippen LogP contribution in [0.1, 0.15) is 51.9 Å². The minimum absolute atomic E-state index is 0.000678. The highest BCUT2D eigenvalue weighted by molar-refractivity contribution is 5.95. The normalized spacial score (nSPS) is 14.2. The van der Waals surface area contributed by atoms with Gasteiger partial charge in [-0.2, -0.15) is 5.10 Å². The molecule has 1 amide bonds. The number of aromatic nitrogens is 5. The second kappa shape index (κ2) is 10.1. The van der Waals surface area contributed by atoms with Crippen molar-refractivity contribution in [3.63, 3.8) is 0 Å². The first kappa shape index (κ1) is 24.6. The lowest BCUT2D eigenvalue weighted by Gasteiger charge is -2.32. The van der Waals surface area contributed by atoms with Gasteiger partial charge in [0, 0.05) is 50.2 Å². The van der Waals surface area contributed by atoms with Crippen LogP contribution in [0.15, 0.2) is 36.8 Å². The SMILES string of the molecule is COc1cc(Cn2ccnc2C2CCN(C(=O)c3cnc4cc(C)nn4c3C)CC2)cc(OC)c1OC. The van der Waals surface area contributed by atoms with Gasteiger partial charge in [-0.3, -0.25) is 4.79 Å². The zero-order chi connectivity index (χ0) is 26.1. The fraction of sp³-hybridized carbons (Fsp3) is 0.407. The van der Waals surface area contributed by atoms with Crippen LogP contribution < -0.4 is 14.2 Å². The van der Waals surface area contributed by atoms with Gasteiger partial charge in [-0.1, -0.05) is 0 Å². The molecule has 1 fully saturated rings. The Balaban J connectivity index is 1.29. The number of carbonyl (C=O) groups is 1. The van der Waals surface area contributed by atoms with Crippen molar-refractivity contribution in [3.8, 4) is 17.2 Å². The van der Waals surface area contributed by atoms with E-state index >= 15 is 0 Å². The van der Waals surface area contributed by atoms with Crippen LogP contribution in [-0.2, 0) is 6.54 Å². The average molecular weight is 505 g/mol. The van der Waals surface area contributed by atoms with Crippen molar-refractivity contribution in [3.05, 3.63) is 65.1 Å². The molecular formula is C27H32N6O4. The largest absolute Gasteiger partial charge is 0.493 e. The summed E-state index contributed by atoms with van der Waals surface area (Å²) < 4.78 is 20.4. The Morgan fingerprint density at radius 3 is 2.35 bits per heavy atom. The fourth-order valence-electron chi connectivity index (χ4n) is 5.12. The third-order valence-electron chi connectivity index (χ3n) is 7.05. The summed E-state index contributed by atoms with van der Waals surface area (Å²) in [4.78, 5) is 24.4. The number of methoxy groups -OCH3 is 3. The Morgan fingerprint density at radius 2 is 1.70 bits per heavy atom. The van der Waals surface area contributed by atoms with Gasteiger partial charge in [-0.15, -0.1) is 0 Å². The molecule has 0 bridgehead atoms. The summed E-state index contributed by atoms with van der Waals surface area (Å²) in [6.07, 6.45) is 7.18. The Morgan fingerprint density at radius 1 is 1.00 bits per heavy atom. The molecule has 1 aliphatic heterocycles. The molecule has 0 N–H and O–H groups in total. The maximum absolute atomic E-state index is 13.3. The number of rotatable bonds is 7. The standard InChI is InChI=1S/C27H32N6O4/c1-17-12-24-29-15-21(18(2)33(24)30-17)27(34)31-9-6-20(7-10-31)26-28-8-11-32(26)16-19-13-22(35-3)25(37-5)23(14-19)36-4/h8,11-15,20H,6-7,9-10,16H2,1-5H3. The number of ether oxygens (including phenoxy) is 3. The minimum atomic E-state index is -0.000678. The second-order valence-corrected chi connectivity index (χ2v) is 9.33. The van der Waals surface area contributed by atoms with E-state index in [1.807, 2.05) is 49.3 Å². The molecule has 1 saturated heterocycles. The molecule has 194 valence electrons. The van der Waals surface area contributed by atoms with Gasteiger partial charge in [0.2, 0.25) is 5.75 Å². The van der Waals surface area contributed by atoms with Crippen molar-refractivity contribution >= 4 is 11.6 Å².